The van der Waals surface area contributed by atoms with Gasteiger partial charge in [0.05, 0.1) is 0 Å². The molecule has 0 radical (unpaired) electrons. The van der Waals surface area contributed by atoms with Crippen molar-refractivity contribution in [3.8, 4) is 0 Å². The van der Waals surface area contributed by atoms with Gasteiger partial charge in [-0.3, -0.25) is 0 Å². The van der Waals surface area contributed by atoms with Crippen LogP contribution in [0.3, 0.4) is 0 Å². The molecule has 1 aliphatic rings. The van der Waals surface area contributed by atoms with Gasteiger partial charge >= 0.3 is 0 Å². The second-order valence-corrected chi connectivity index (χ2v) is 5.58. The molecule has 0 amide bonds. The first kappa shape index (κ1) is 11.1. The van der Waals surface area contributed by atoms with Gasteiger partial charge in [-0.15, -0.1) is 11.3 Å². The summed E-state index contributed by atoms with van der Waals surface area (Å²) in [5, 5.41) is 3.39. The van der Waals surface area contributed by atoms with Crippen molar-refractivity contribution >= 4 is 11.3 Å². The van der Waals surface area contributed by atoms with Gasteiger partial charge in [0.2, 0.25) is 0 Å². The molecule has 0 saturated carbocycles. The molecule has 2 nitrogen and oxygen atoms in total. The van der Waals surface area contributed by atoms with E-state index < -0.39 is 0 Å². The third-order valence-electron chi connectivity index (χ3n) is 2.90. The molecule has 0 aromatic carbocycles. The van der Waals surface area contributed by atoms with Gasteiger partial charge in [0.25, 0.3) is 0 Å². The van der Waals surface area contributed by atoms with Crippen molar-refractivity contribution in [2.75, 3.05) is 32.7 Å². The van der Waals surface area contributed by atoms with Crippen LogP contribution in [0.25, 0.3) is 0 Å². The van der Waals surface area contributed by atoms with Crippen LogP contribution in [0.2, 0.25) is 0 Å². The van der Waals surface area contributed by atoms with Crippen LogP contribution in [0.15, 0.2) is 12.1 Å². The first-order chi connectivity index (χ1) is 7.34. The summed E-state index contributed by atoms with van der Waals surface area (Å²) in [5.74, 6) is 0. The van der Waals surface area contributed by atoms with Crippen molar-refractivity contribution in [1.82, 2.24) is 10.2 Å². The average molecular weight is 224 g/mol. The monoisotopic (exact) mass is 224 g/mol. The third-order valence-corrected chi connectivity index (χ3v) is 3.96. The Morgan fingerprint density at radius 1 is 1.33 bits per heavy atom. The number of rotatable bonds is 4. The van der Waals surface area contributed by atoms with Crippen LogP contribution in [-0.4, -0.2) is 37.6 Å². The van der Waals surface area contributed by atoms with E-state index in [2.05, 4.69) is 29.3 Å². The van der Waals surface area contributed by atoms with Gasteiger partial charge in [-0.05, 0) is 38.4 Å². The maximum absolute atomic E-state index is 3.39. The first-order valence-corrected chi connectivity index (χ1v) is 6.64. The number of thiophene rings is 1. The van der Waals surface area contributed by atoms with Gasteiger partial charge in [-0.1, -0.05) is 0 Å². The highest BCUT2D eigenvalue weighted by molar-refractivity contribution is 7.11. The molecular weight excluding hydrogens is 204 g/mol. The SMILES string of the molecule is Cc1ccc(CCCN2CCNCC2)s1. The zero-order chi connectivity index (χ0) is 10.5. The van der Waals surface area contributed by atoms with E-state index in [1.165, 1.54) is 37.4 Å². The standard InChI is InChI=1S/C12H20N2S/c1-11-4-5-12(15-11)3-2-8-14-9-6-13-7-10-14/h4-5,13H,2-3,6-10H2,1H3. The fourth-order valence-corrected chi connectivity index (χ4v) is 2.96. The van der Waals surface area contributed by atoms with E-state index in [9.17, 15) is 0 Å². The molecule has 1 aromatic rings. The Morgan fingerprint density at radius 3 is 2.80 bits per heavy atom. The summed E-state index contributed by atoms with van der Waals surface area (Å²) in [6.45, 7) is 8.23. The van der Waals surface area contributed by atoms with Gasteiger partial charge in [0.1, 0.15) is 0 Å². The van der Waals surface area contributed by atoms with E-state index in [1.54, 1.807) is 4.88 Å². The third kappa shape index (κ3) is 3.59. The summed E-state index contributed by atoms with van der Waals surface area (Å²) in [6.07, 6.45) is 2.56. The van der Waals surface area contributed by atoms with Crippen molar-refractivity contribution < 1.29 is 0 Å². The minimum absolute atomic E-state index is 1.16. The average Bonchev–Trinajstić information content (AvgIpc) is 2.66. The summed E-state index contributed by atoms with van der Waals surface area (Å²) in [7, 11) is 0. The molecule has 2 heterocycles. The normalized spacial score (nSPS) is 18.2. The highest BCUT2D eigenvalue weighted by Crippen LogP contribution is 2.16. The predicted molar refractivity (Wildman–Crippen MR) is 66.7 cm³/mol. The van der Waals surface area contributed by atoms with E-state index in [4.69, 9.17) is 0 Å². The Balaban J connectivity index is 1.65. The zero-order valence-corrected chi connectivity index (χ0v) is 10.3. The molecule has 2 rings (SSSR count). The Kier molecular flexibility index (Phi) is 4.18. The topological polar surface area (TPSA) is 15.3 Å². The second kappa shape index (κ2) is 5.64. The largest absolute Gasteiger partial charge is 0.314 e. The number of hydrogen-bond donors (Lipinski definition) is 1. The number of nitrogens with one attached hydrogen (secondary N) is 1. The Labute approximate surface area is 96.3 Å². The van der Waals surface area contributed by atoms with Crippen LogP contribution < -0.4 is 5.32 Å². The first-order valence-electron chi connectivity index (χ1n) is 5.83. The number of aryl methyl sites for hydroxylation is 2. The molecule has 3 heteroatoms. The molecule has 0 unspecified atom stereocenters. The summed E-state index contributed by atoms with van der Waals surface area (Å²) in [5.41, 5.74) is 0. The van der Waals surface area contributed by atoms with Crippen LogP contribution in [0.1, 0.15) is 16.2 Å². The second-order valence-electron chi connectivity index (χ2n) is 4.21. The lowest BCUT2D eigenvalue weighted by molar-refractivity contribution is 0.239. The van der Waals surface area contributed by atoms with Gasteiger partial charge in [-0.25, -0.2) is 0 Å². The van der Waals surface area contributed by atoms with Gasteiger partial charge in [0.15, 0.2) is 0 Å². The lowest BCUT2D eigenvalue weighted by Crippen LogP contribution is -2.43. The number of hydrogen-bond acceptors (Lipinski definition) is 3. The quantitative estimate of drug-likeness (QED) is 0.840. The van der Waals surface area contributed by atoms with Crippen molar-refractivity contribution in [3.05, 3.63) is 21.9 Å². The highest BCUT2D eigenvalue weighted by Gasteiger charge is 2.08. The van der Waals surface area contributed by atoms with Crippen molar-refractivity contribution in [3.63, 3.8) is 0 Å². The molecule has 1 N–H and O–H groups in total. The van der Waals surface area contributed by atoms with Crippen LogP contribution in [0.5, 0.6) is 0 Å². The minimum Gasteiger partial charge on any atom is -0.314 e. The smallest absolute Gasteiger partial charge is 0.0107 e. The molecule has 1 saturated heterocycles. The Morgan fingerprint density at radius 2 is 2.13 bits per heavy atom. The van der Waals surface area contributed by atoms with E-state index >= 15 is 0 Å². The van der Waals surface area contributed by atoms with Crippen LogP contribution in [-0.2, 0) is 6.42 Å². The maximum atomic E-state index is 3.39. The van der Waals surface area contributed by atoms with E-state index in [1.807, 2.05) is 11.3 Å². The van der Waals surface area contributed by atoms with Crippen LogP contribution >= 0.6 is 11.3 Å². The molecule has 1 aliphatic heterocycles. The summed E-state index contributed by atoms with van der Waals surface area (Å²) in [4.78, 5) is 5.55. The van der Waals surface area contributed by atoms with Crippen LogP contribution in [0.4, 0.5) is 0 Å². The molecule has 0 aliphatic carbocycles. The number of nitrogens with zero attached hydrogens (tertiary/aromatic N) is 1. The lowest BCUT2D eigenvalue weighted by Gasteiger charge is -2.26. The molecule has 15 heavy (non-hydrogen) atoms. The predicted octanol–water partition coefficient (Wildman–Crippen LogP) is 1.89. The fourth-order valence-electron chi connectivity index (χ4n) is 2.03. The zero-order valence-electron chi connectivity index (χ0n) is 9.46. The van der Waals surface area contributed by atoms with Crippen molar-refractivity contribution in [2.24, 2.45) is 0 Å². The maximum Gasteiger partial charge on any atom is 0.0107 e. The van der Waals surface area contributed by atoms with E-state index in [0.717, 1.165) is 13.1 Å². The minimum atomic E-state index is 1.16. The Bertz CT molecular complexity index is 290. The van der Waals surface area contributed by atoms with E-state index in [-0.39, 0.29) is 0 Å². The van der Waals surface area contributed by atoms with Gasteiger partial charge in [0, 0.05) is 35.9 Å². The molecule has 1 fully saturated rings. The molecule has 0 atom stereocenters. The van der Waals surface area contributed by atoms with Crippen molar-refractivity contribution in [1.29, 1.82) is 0 Å². The molecule has 0 spiro atoms. The number of piperazine rings is 1. The van der Waals surface area contributed by atoms with Crippen LogP contribution in [0, 0.1) is 6.92 Å². The highest BCUT2D eigenvalue weighted by atomic mass is 32.1. The summed E-state index contributed by atoms with van der Waals surface area (Å²) >= 11 is 1.94. The Hall–Kier alpha value is -0.380. The molecule has 1 aromatic heterocycles. The van der Waals surface area contributed by atoms with E-state index in [0.29, 0.717) is 0 Å². The molecule has 84 valence electrons. The van der Waals surface area contributed by atoms with Crippen molar-refractivity contribution in [2.45, 2.75) is 19.8 Å². The van der Waals surface area contributed by atoms with Gasteiger partial charge in [-0.2, -0.15) is 0 Å². The molecule has 0 bridgehead atoms. The summed E-state index contributed by atoms with van der Waals surface area (Å²) in [6, 6.07) is 4.50. The lowest BCUT2D eigenvalue weighted by atomic mass is 10.2. The fraction of sp³-hybridized carbons (Fsp3) is 0.667. The summed E-state index contributed by atoms with van der Waals surface area (Å²) < 4.78 is 0. The van der Waals surface area contributed by atoms with Gasteiger partial charge < -0.3 is 10.2 Å². The molecular formula is C12H20N2S.